The quantitative estimate of drug-likeness (QED) is 0.642. The maximum Gasteiger partial charge on any atom is 0.269 e. The molecule has 0 fully saturated rings. The Morgan fingerprint density at radius 3 is 2.35 bits per heavy atom. The highest BCUT2D eigenvalue weighted by Crippen LogP contribution is 2.13. The molecule has 3 aromatic rings. The lowest BCUT2D eigenvalue weighted by atomic mass is 10.1. The molecule has 0 unspecified atom stereocenters. The lowest BCUT2D eigenvalue weighted by Gasteiger charge is -2.08. The Labute approximate surface area is 157 Å². The minimum absolute atomic E-state index is 0.0354. The molecule has 0 atom stereocenters. The Balaban J connectivity index is 1.54. The van der Waals surface area contributed by atoms with E-state index in [1.807, 2.05) is 0 Å². The Kier molecular flexibility index (Phi) is 5.43. The van der Waals surface area contributed by atoms with Gasteiger partial charge in [-0.15, -0.1) is 0 Å². The van der Waals surface area contributed by atoms with Crippen molar-refractivity contribution in [3.8, 4) is 5.69 Å². The molecule has 132 valence electrons. The molecule has 0 aliphatic heterocycles. The van der Waals surface area contributed by atoms with Crippen molar-refractivity contribution in [2.45, 2.75) is 6.42 Å². The van der Waals surface area contributed by atoms with Crippen molar-refractivity contribution in [2.24, 2.45) is 0 Å². The van der Waals surface area contributed by atoms with Crippen LogP contribution in [0.15, 0.2) is 65.4 Å². The Morgan fingerprint density at radius 2 is 1.73 bits per heavy atom. The molecule has 2 amide bonds. The number of benzene rings is 2. The molecule has 3 rings (SSSR count). The van der Waals surface area contributed by atoms with Gasteiger partial charge in [0, 0.05) is 11.8 Å². The summed E-state index contributed by atoms with van der Waals surface area (Å²) in [5.74, 6) is -1.21. The molecular formula is C18H14BrFN4O2. The third-order valence-corrected chi connectivity index (χ3v) is 3.95. The van der Waals surface area contributed by atoms with Gasteiger partial charge in [0.1, 0.15) is 5.82 Å². The fourth-order valence-corrected chi connectivity index (χ4v) is 2.52. The van der Waals surface area contributed by atoms with E-state index in [0.29, 0.717) is 11.1 Å². The molecule has 6 nitrogen and oxygen atoms in total. The smallest absolute Gasteiger partial charge is 0.269 e. The van der Waals surface area contributed by atoms with Crippen LogP contribution in [0.25, 0.3) is 5.69 Å². The number of carbonyl (C=O) groups is 2. The predicted molar refractivity (Wildman–Crippen MR) is 97.0 cm³/mol. The van der Waals surface area contributed by atoms with Gasteiger partial charge in [0.15, 0.2) is 0 Å². The highest BCUT2D eigenvalue weighted by Gasteiger charge is 2.09. The Bertz CT molecular complexity index is 923. The summed E-state index contributed by atoms with van der Waals surface area (Å²) < 4.78 is 15.4. The maximum atomic E-state index is 12.8. The molecule has 1 heterocycles. The molecule has 1 aromatic heterocycles. The second-order valence-electron chi connectivity index (χ2n) is 5.46. The van der Waals surface area contributed by atoms with Crippen LogP contribution in [-0.2, 0) is 11.2 Å². The van der Waals surface area contributed by atoms with Gasteiger partial charge < -0.3 is 0 Å². The van der Waals surface area contributed by atoms with E-state index in [-0.39, 0.29) is 12.2 Å². The number of carbonyl (C=O) groups excluding carboxylic acids is 2. The molecule has 2 N–H and O–H groups in total. The number of nitrogens with one attached hydrogen (secondary N) is 2. The summed E-state index contributed by atoms with van der Waals surface area (Å²) in [5.41, 5.74) is 6.52. The van der Waals surface area contributed by atoms with Gasteiger partial charge in [0.05, 0.1) is 22.8 Å². The van der Waals surface area contributed by atoms with Crippen LogP contribution < -0.4 is 10.9 Å². The second kappa shape index (κ2) is 7.92. The van der Waals surface area contributed by atoms with Crippen LogP contribution in [0.5, 0.6) is 0 Å². The first-order valence-electron chi connectivity index (χ1n) is 7.65. The zero-order valence-electron chi connectivity index (χ0n) is 13.4. The van der Waals surface area contributed by atoms with Crippen LogP contribution in [0.1, 0.15) is 15.9 Å². The highest BCUT2D eigenvalue weighted by atomic mass is 79.9. The van der Waals surface area contributed by atoms with E-state index < -0.39 is 11.8 Å². The van der Waals surface area contributed by atoms with Crippen molar-refractivity contribution in [1.29, 1.82) is 0 Å². The van der Waals surface area contributed by atoms with Gasteiger partial charge in [-0.1, -0.05) is 12.1 Å². The first-order valence-corrected chi connectivity index (χ1v) is 8.45. The summed E-state index contributed by atoms with van der Waals surface area (Å²) in [6.07, 6.45) is 3.50. The lowest BCUT2D eigenvalue weighted by molar-refractivity contribution is -0.121. The number of halogens is 2. The predicted octanol–water partition coefficient (Wildman–Crippen LogP) is 2.78. The largest absolute Gasteiger partial charge is 0.273 e. The molecule has 0 radical (unpaired) electrons. The van der Waals surface area contributed by atoms with Crippen molar-refractivity contribution in [1.82, 2.24) is 20.6 Å². The van der Waals surface area contributed by atoms with E-state index in [4.69, 9.17) is 0 Å². The fraction of sp³-hybridized carbons (Fsp3) is 0.0556. The normalized spacial score (nSPS) is 10.4. The van der Waals surface area contributed by atoms with Crippen LogP contribution >= 0.6 is 15.9 Å². The number of rotatable bonds is 4. The molecule has 2 aromatic carbocycles. The van der Waals surface area contributed by atoms with E-state index in [2.05, 4.69) is 31.9 Å². The topological polar surface area (TPSA) is 76.0 Å². The van der Waals surface area contributed by atoms with Gasteiger partial charge >= 0.3 is 0 Å². The molecule has 0 spiro atoms. The molecule has 0 aliphatic rings. The van der Waals surface area contributed by atoms with Crippen molar-refractivity contribution in [3.05, 3.63) is 82.3 Å². The van der Waals surface area contributed by atoms with Crippen LogP contribution in [-0.4, -0.2) is 21.6 Å². The number of hydrazine groups is 1. The third kappa shape index (κ3) is 4.54. The van der Waals surface area contributed by atoms with Gasteiger partial charge in [-0.05, 0) is 57.9 Å². The summed E-state index contributed by atoms with van der Waals surface area (Å²) in [7, 11) is 0. The van der Waals surface area contributed by atoms with Gasteiger partial charge in [0.25, 0.3) is 5.91 Å². The number of hydrogen-bond acceptors (Lipinski definition) is 3. The number of hydrogen-bond donors (Lipinski definition) is 2. The minimum Gasteiger partial charge on any atom is -0.273 e. The van der Waals surface area contributed by atoms with Crippen molar-refractivity contribution >= 4 is 27.7 Å². The molecular weight excluding hydrogens is 403 g/mol. The standard InChI is InChI=1S/C18H14BrFN4O2/c19-14-10-21-24(11-14)16-7-3-13(4-8-16)18(26)23-22-17(25)9-12-1-5-15(20)6-2-12/h1-8,10-11H,9H2,(H,22,25)(H,23,26). The van der Waals surface area contributed by atoms with E-state index >= 15 is 0 Å². The van der Waals surface area contributed by atoms with Gasteiger partial charge in [-0.2, -0.15) is 5.10 Å². The van der Waals surface area contributed by atoms with E-state index in [0.717, 1.165) is 10.2 Å². The summed E-state index contributed by atoms with van der Waals surface area (Å²) in [5, 5.41) is 4.15. The van der Waals surface area contributed by atoms with E-state index in [1.165, 1.54) is 24.3 Å². The Hall–Kier alpha value is -3.00. The third-order valence-electron chi connectivity index (χ3n) is 3.54. The molecule has 0 saturated heterocycles. The molecule has 26 heavy (non-hydrogen) atoms. The zero-order valence-corrected chi connectivity index (χ0v) is 15.0. The van der Waals surface area contributed by atoms with Crippen LogP contribution in [0.2, 0.25) is 0 Å². The van der Waals surface area contributed by atoms with Crippen molar-refractivity contribution < 1.29 is 14.0 Å². The Morgan fingerprint density at radius 1 is 1.04 bits per heavy atom. The lowest BCUT2D eigenvalue weighted by Crippen LogP contribution is -2.42. The number of amides is 2. The highest BCUT2D eigenvalue weighted by molar-refractivity contribution is 9.10. The maximum absolute atomic E-state index is 12.8. The van der Waals surface area contributed by atoms with Crippen LogP contribution in [0.4, 0.5) is 4.39 Å². The monoisotopic (exact) mass is 416 g/mol. The van der Waals surface area contributed by atoms with E-state index in [9.17, 15) is 14.0 Å². The molecule has 0 aliphatic carbocycles. The first kappa shape index (κ1) is 17.8. The molecule has 0 bridgehead atoms. The summed E-state index contributed by atoms with van der Waals surface area (Å²) in [6, 6.07) is 12.3. The summed E-state index contributed by atoms with van der Waals surface area (Å²) >= 11 is 3.32. The van der Waals surface area contributed by atoms with Gasteiger partial charge in [-0.25, -0.2) is 9.07 Å². The zero-order chi connectivity index (χ0) is 18.5. The molecule has 8 heteroatoms. The van der Waals surface area contributed by atoms with Gasteiger partial charge in [0.2, 0.25) is 5.91 Å². The summed E-state index contributed by atoms with van der Waals surface area (Å²) in [4.78, 5) is 23.9. The second-order valence-corrected chi connectivity index (χ2v) is 6.37. The average Bonchev–Trinajstić information content (AvgIpc) is 3.08. The fourth-order valence-electron chi connectivity index (χ4n) is 2.24. The summed E-state index contributed by atoms with van der Waals surface area (Å²) in [6.45, 7) is 0. The van der Waals surface area contributed by atoms with E-state index in [1.54, 1.807) is 41.3 Å². The minimum atomic E-state index is -0.439. The van der Waals surface area contributed by atoms with Gasteiger partial charge in [-0.3, -0.25) is 20.4 Å². The first-order chi connectivity index (χ1) is 12.5. The van der Waals surface area contributed by atoms with Crippen molar-refractivity contribution in [3.63, 3.8) is 0 Å². The van der Waals surface area contributed by atoms with Crippen LogP contribution in [0, 0.1) is 5.82 Å². The molecule has 0 saturated carbocycles. The van der Waals surface area contributed by atoms with Crippen LogP contribution in [0.3, 0.4) is 0 Å². The average molecular weight is 417 g/mol. The SMILES string of the molecule is O=C(Cc1ccc(F)cc1)NNC(=O)c1ccc(-n2cc(Br)cn2)cc1. The van der Waals surface area contributed by atoms with Crippen molar-refractivity contribution in [2.75, 3.05) is 0 Å². The number of nitrogens with zero attached hydrogens (tertiary/aromatic N) is 2. The number of aromatic nitrogens is 2.